The molecule has 0 radical (unpaired) electrons. The highest BCUT2D eigenvalue weighted by Crippen LogP contribution is 2.27. The van der Waals surface area contributed by atoms with E-state index in [1.54, 1.807) is 0 Å². The van der Waals surface area contributed by atoms with Gasteiger partial charge in [0.1, 0.15) is 12.1 Å². The third-order valence-corrected chi connectivity index (χ3v) is 2.42. The number of hydrogen-bond acceptors (Lipinski definition) is 6. The van der Waals surface area contributed by atoms with Gasteiger partial charge in [0, 0.05) is 16.7 Å². The normalized spacial score (nSPS) is 33.7. The molecular formula is C8H11FN6O4. The molecule has 0 bridgehead atoms. The van der Waals surface area contributed by atoms with Crippen LogP contribution in [0.4, 0.5) is 4.39 Å². The molecule has 1 saturated heterocycles. The molecule has 1 N–H and O–H groups in total. The summed E-state index contributed by atoms with van der Waals surface area (Å²) >= 11 is 0. The number of esters is 1. The Balaban J connectivity index is 2.95. The lowest BCUT2D eigenvalue weighted by Crippen LogP contribution is -2.57. The van der Waals surface area contributed by atoms with Gasteiger partial charge in [-0.2, -0.15) is 0 Å². The van der Waals surface area contributed by atoms with Gasteiger partial charge in [-0.1, -0.05) is 10.2 Å². The molecule has 0 spiro atoms. The Kier molecular flexibility index (Phi) is 5.34. The Morgan fingerprint density at radius 1 is 1.53 bits per heavy atom. The SMILES string of the molecule is CC(=O)O[C@H]1[C@@H](F)[C@@H](N=[N+]=[N-])C(O)O[C@@H]1CN=[N+]=[N-]. The Labute approximate surface area is 106 Å². The van der Waals surface area contributed by atoms with E-state index in [0.29, 0.717) is 0 Å². The molecule has 1 unspecified atom stereocenters. The minimum Gasteiger partial charge on any atom is -0.457 e. The van der Waals surface area contributed by atoms with E-state index < -0.39 is 36.7 Å². The van der Waals surface area contributed by atoms with Gasteiger partial charge < -0.3 is 14.6 Å². The molecule has 10 nitrogen and oxygen atoms in total. The molecule has 0 amide bonds. The third-order valence-electron chi connectivity index (χ3n) is 2.42. The summed E-state index contributed by atoms with van der Waals surface area (Å²) < 4.78 is 23.7. The number of azide groups is 2. The molecule has 1 heterocycles. The molecular weight excluding hydrogens is 263 g/mol. The smallest absolute Gasteiger partial charge is 0.303 e. The van der Waals surface area contributed by atoms with Crippen molar-refractivity contribution in [2.75, 3.05) is 6.54 Å². The Bertz CT molecular complexity index is 433. The van der Waals surface area contributed by atoms with Crippen molar-refractivity contribution in [3.63, 3.8) is 0 Å². The highest BCUT2D eigenvalue weighted by atomic mass is 19.1. The average molecular weight is 274 g/mol. The van der Waals surface area contributed by atoms with Crippen molar-refractivity contribution in [2.24, 2.45) is 10.2 Å². The zero-order chi connectivity index (χ0) is 14.4. The van der Waals surface area contributed by atoms with E-state index in [-0.39, 0.29) is 6.54 Å². The minimum absolute atomic E-state index is 0.338. The van der Waals surface area contributed by atoms with Gasteiger partial charge in [-0.15, -0.1) is 0 Å². The maximum Gasteiger partial charge on any atom is 0.303 e. The van der Waals surface area contributed by atoms with E-state index in [9.17, 15) is 14.3 Å². The first-order chi connectivity index (χ1) is 9.01. The fraction of sp³-hybridized carbons (Fsp3) is 0.875. The first kappa shape index (κ1) is 15.0. The van der Waals surface area contributed by atoms with Crippen molar-refractivity contribution < 1.29 is 23.8 Å². The predicted octanol–water partition coefficient (Wildman–Crippen LogP) is 0.963. The number of rotatable bonds is 4. The monoisotopic (exact) mass is 274 g/mol. The van der Waals surface area contributed by atoms with Gasteiger partial charge in [0.25, 0.3) is 0 Å². The van der Waals surface area contributed by atoms with Crippen LogP contribution in [0.1, 0.15) is 6.92 Å². The molecule has 0 aromatic carbocycles. The summed E-state index contributed by atoms with van der Waals surface area (Å²) in [6.07, 6.45) is -6.27. The summed E-state index contributed by atoms with van der Waals surface area (Å²) in [5, 5.41) is 15.7. The fourth-order valence-corrected chi connectivity index (χ4v) is 1.67. The fourth-order valence-electron chi connectivity index (χ4n) is 1.67. The molecule has 1 fully saturated rings. The van der Waals surface area contributed by atoms with E-state index in [4.69, 9.17) is 20.5 Å². The number of alkyl halides is 1. The first-order valence-electron chi connectivity index (χ1n) is 5.21. The van der Waals surface area contributed by atoms with Crippen LogP contribution in [0.3, 0.4) is 0 Å². The predicted molar refractivity (Wildman–Crippen MR) is 58.3 cm³/mol. The van der Waals surface area contributed by atoms with Gasteiger partial charge in [-0.3, -0.25) is 4.79 Å². The standard InChI is InChI=1S/C8H11FN6O4/c1-3(16)18-7-4(2-12-14-10)19-8(17)6(5(7)9)13-15-11/h4-8,17H,2H2,1H3/t4-,5+,6-,7-,8?/m1/s1. The Morgan fingerprint density at radius 3 is 2.74 bits per heavy atom. The third kappa shape index (κ3) is 3.70. The van der Waals surface area contributed by atoms with Crippen LogP contribution in [0, 0.1) is 0 Å². The minimum atomic E-state index is -1.97. The van der Waals surface area contributed by atoms with E-state index in [1.807, 2.05) is 0 Å². The number of halogens is 1. The molecule has 0 saturated carbocycles. The second-order valence-electron chi connectivity index (χ2n) is 3.69. The van der Waals surface area contributed by atoms with Crippen molar-refractivity contribution in [1.29, 1.82) is 0 Å². The molecule has 1 aliphatic heterocycles. The lowest BCUT2D eigenvalue weighted by Gasteiger charge is -2.38. The zero-order valence-electron chi connectivity index (χ0n) is 9.83. The first-order valence-corrected chi connectivity index (χ1v) is 5.21. The van der Waals surface area contributed by atoms with Crippen molar-refractivity contribution in [3.8, 4) is 0 Å². The summed E-state index contributed by atoms with van der Waals surface area (Å²) in [4.78, 5) is 15.8. The van der Waals surface area contributed by atoms with Gasteiger partial charge >= 0.3 is 5.97 Å². The number of ether oxygens (including phenoxy) is 2. The number of nitrogens with zero attached hydrogens (tertiary/aromatic N) is 6. The van der Waals surface area contributed by atoms with Crippen molar-refractivity contribution in [3.05, 3.63) is 20.9 Å². The second-order valence-corrected chi connectivity index (χ2v) is 3.69. The van der Waals surface area contributed by atoms with Gasteiger partial charge in [0.05, 0.1) is 6.54 Å². The number of carbonyl (C=O) groups is 1. The van der Waals surface area contributed by atoms with E-state index in [2.05, 4.69) is 20.1 Å². The van der Waals surface area contributed by atoms with Crippen LogP contribution in [0.2, 0.25) is 0 Å². The molecule has 0 aromatic rings. The van der Waals surface area contributed by atoms with Crippen LogP contribution in [0.25, 0.3) is 20.9 Å². The topological polar surface area (TPSA) is 153 Å². The quantitative estimate of drug-likeness (QED) is 0.351. The Hall–Kier alpha value is -2.06. The zero-order valence-corrected chi connectivity index (χ0v) is 9.83. The summed E-state index contributed by atoms with van der Waals surface area (Å²) in [6, 6.07) is -1.54. The lowest BCUT2D eigenvalue weighted by molar-refractivity contribution is -0.234. The highest BCUT2D eigenvalue weighted by molar-refractivity contribution is 5.66. The summed E-state index contributed by atoms with van der Waals surface area (Å²) in [5.74, 6) is -0.779. The van der Waals surface area contributed by atoms with Crippen LogP contribution in [-0.2, 0) is 14.3 Å². The maximum atomic E-state index is 14.1. The molecule has 104 valence electrons. The maximum absolute atomic E-state index is 14.1. The molecule has 5 atom stereocenters. The Morgan fingerprint density at radius 2 is 2.21 bits per heavy atom. The summed E-state index contributed by atoms with van der Waals surface area (Å²) in [7, 11) is 0. The van der Waals surface area contributed by atoms with Crippen LogP contribution in [0.15, 0.2) is 10.2 Å². The number of carbonyl (C=O) groups excluding carboxylic acids is 1. The highest BCUT2D eigenvalue weighted by Gasteiger charge is 2.47. The van der Waals surface area contributed by atoms with Crippen LogP contribution >= 0.6 is 0 Å². The van der Waals surface area contributed by atoms with E-state index >= 15 is 0 Å². The largest absolute Gasteiger partial charge is 0.457 e. The summed E-state index contributed by atoms with van der Waals surface area (Å²) in [6.45, 7) is 0.722. The number of aliphatic hydroxyl groups excluding tert-OH is 1. The lowest BCUT2D eigenvalue weighted by atomic mass is 9.98. The molecule has 1 rings (SSSR count). The molecule has 0 aliphatic carbocycles. The van der Waals surface area contributed by atoms with Gasteiger partial charge in [0.15, 0.2) is 18.6 Å². The second kappa shape index (κ2) is 6.76. The van der Waals surface area contributed by atoms with Crippen molar-refractivity contribution in [1.82, 2.24) is 0 Å². The van der Waals surface area contributed by atoms with E-state index in [1.165, 1.54) is 0 Å². The molecule has 0 aromatic heterocycles. The van der Waals surface area contributed by atoms with Gasteiger partial charge in [-0.05, 0) is 11.1 Å². The molecule has 11 heteroatoms. The van der Waals surface area contributed by atoms with Crippen molar-refractivity contribution in [2.45, 2.75) is 37.6 Å². The number of hydrogen-bond donors (Lipinski definition) is 1. The van der Waals surface area contributed by atoms with Crippen LogP contribution < -0.4 is 0 Å². The van der Waals surface area contributed by atoms with Gasteiger partial charge in [0.2, 0.25) is 0 Å². The molecule has 1 aliphatic rings. The summed E-state index contributed by atoms with van der Waals surface area (Å²) in [5.41, 5.74) is 16.5. The molecule has 19 heavy (non-hydrogen) atoms. The van der Waals surface area contributed by atoms with Gasteiger partial charge in [-0.25, -0.2) is 4.39 Å². The van der Waals surface area contributed by atoms with Crippen LogP contribution in [0.5, 0.6) is 0 Å². The average Bonchev–Trinajstić information content (AvgIpc) is 2.35. The van der Waals surface area contributed by atoms with E-state index in [0.717, 1.165) is 6.92 Å². The number of aliphatic hydroxyl groups is 1. The van der Waals surface area contributed by atoms with Crippen LogP contribution in [-0.4, -0.2) is 48.3 Å². The van der Waals surface area contributed by atoms with Crippen molar-refractivity contribution >= 4 is 5.97 Å².